The highest BCUT2D eigenvalue weighted by atomic mass is 35.5. The van der Waals surface area contributed by atoms with Gasteiger partial charge in [0.25, 0.3) is 5.91 Å². The Labute approximate surface area is 274 Å². The Morgan fingerprint density at radius 1 is 0.870 bits per heavy atom. The van der Waals surface area contributed by atoms with E-state index in [9.17, 15) is 19.5 Å². The van der Waals surface area contributed by atoms with Gasteiger partial charge in [-0.15, -0.1) is 0 Å². The van der Waals surface area contributed by atoms with Crippen LogP contribution in [0.15, 0.2) is 91.0 Å². The molecule has 0 aromatic heterocycles. The fraction of sp³-hybridized carbons (Fsp3) is 0.270. The first-order chi connectivity index (χ1) is 21.9. The minimum Gasteiger partial charge on any atom is -0.480 e. The van der Waals surface area contributed by atoms with Crippen LogP contribution in [0.3, 0.4) is 0 Å². The Morgan fingerprint density at radius 3 is 2.33 bits per heavy atom. The van der Waals surface area contributed by atoms with E-state index in [1.54, 1.807) is 57.2 Å². The van der Waals surface area contributed by atoms with Gasteiger partial charge in [-0.05, 0) is 85.8 Å². The van der Waals surface area contributed by atoms with Crippen molar-refractivity contribution < 1.29 is 29.0 Å². The number of carboxylic acids is 1. The second-order valence-electron chi connectivity index (χ2n) is 11.9. The van der Waals surface area contributed by atoms with E-state index in [1.165, 1.54) is 0 Å². The SMILES string of the molecule is CCCCC(NC(=O)c1ccc(-c2ccccc2)cc1-c1ccc(Cl)cc1Oc1cccc(CNC(=O)OC(C)(C)C)c1)C(=O)O. The molecule has 0 bridgehead atoms. The lowest BCUT2D eigenvalue weighted by molar-refractivity contribution is -0.139. The Balaban J connectivity index is 1.71. The number of ether oxygens (including phenoxy) is 2. The molecule has 8 nitrogen and oxygen atoms in total. The monoisotopic (exact) mass is 642 g/mol. The summed E-state index contributed by atoms with van der Waals surface area (Å²) < 4.78 is 11.7. The van der Waals surface area contributed by atoms with Crippen molar-refractivity contribution in [3.63, 3.8) is 0 Å². The van der Waals surface area contributed by atoms with Crippen LogP contribution in [0.4, 0.5) is 4.79 Å². The third kappa shape index (κ3) is 9.59. The summed E-state index contributed by atoms with van der Waals surface area (Å²) in [5.41, 5.74) is 3.41. The average molecular weight is 643 g/mol. The van der Waals surface area contributed by atoms with Crippen molar-refractivity contribution in [3.8, 4) is 33.8 Å². The van der Waals surface area contributed by atoms with Gasteiger partial charge in [0, 0.05) is 28.8 Å². The van der Waals surface area contributed by atoms with Crippen LogP contribution < -0.4 is 15.4 Å². The average Bonchev–Trinajstić information content (AvgIpc) is 3.01. The largest absolute Gasteiger partial charge is 0.480 e. The number of carboxylic acid groups (broad SMARTS) is 1. The zero-order valence-corrected chi connectivity index (χ0v) is 27.2. The predicted octanol–water partition coefficient (Wildman–Crippen LogP) is 8.86. The summed E-state index contributed by atoms with van der Waals surface area (Å²) in [5.74, 6) is -0.706. The lowest BCUT2D eigenvalue weighted by Crippen LogP contribution is -2.40. The lowest BCUT2D eigenvalue weighted by atomic mass is 9.93. The zero-order chi connectivity index (χ0) is 33.3. The summed E-state index contributed by atoms with van der Waals surface area (Å²) in [5, 5.41) is 15.7. The lowest BCUT2D eigenvalue weighted by Gasteiger charge is -2.20. The second kappa shape index (κ2) is 15.5. The van der Waals surface area contributed by atoms with Crippen LogP contribution in [0.5, 0.6) is 11.5 Å². The molecule has 46 heavy (non-hydrogen) atoms. The van der Waals surface area contributed by atoms with E-state index in [1.807, 2.05) is 61.5 Å². The van der Waals surface area contributed by atoms with E-state index in [0.29, 0.717) is 46.1 Å². The molecule has 9 heteroatoms. The highest BCUT2D eigenvalue weighted by Crippen LogP contribution is 2.39. The molecule has 0 heterocycles. The van der Waals surface area contributed by atoms with Gasteiger partial charge in [-0.2, -0.15) is 0 Å². The van der Waals surface area contributed by atoms with Gasteiger partial charge in [0.1, 0.15) is 23.1 Å². The molecule has 4 aromatic carbocycles. The summed E-state index contributed by atoms with van der Waals surface area (Å²) in [6.45, 7) is 7.58. The van der Waals surface area contributed by atoms with E-state index in [2.05, 4.69) is 10.6 Å². The number of nitrogens with one attached hydrogen (secondary N) is 2. The first kappa shape index (κ1) is 34.1. The molecule has 0 radical (unpaired) electrons. The molecule has 1 unspecified atom stereocenters. The van der Waals surface area contributed by atoms with Crippen molar-refractivity contribution in [2.45, 2.75) is 65.1 Å². The Morgan fingerprint density at radius 2 is 1.63 bits per heavy atom. The molecular weight excluding hydrogens is 604 g/mol. The van der Waals surface area contributed by atoms with Crippen molar-refractivity contribution in [3.05, 3.63) is 107 Å². The maximum absolute atomic E-state index is 13.7. The summed E-state index contributed by atoms with van der Waals surface area (Å²) in [6, 6.07) is 26.5. The molecule has 3 N–H and O–H groups in total. The number of benzene rings is 4. The van der Waals surface area contributed by atoms with Crippen LogP contribution in [0.2, 0.25) is 5.02 Å². The number of unbranched alkanes of at least 4 members (excludes halogenated alkanes) is 1. The molecule has 1 atom stereocenters. The highest BCUT2D eigenvalue weighted by Gasteiger charge is 2.24. The topological polar surface area (TPSA) is 114 Å². The normalized spacial score (nSPS) is 11.8. The smallest absolute Gasteiger partial charge is 0.407 e. The van der Waals surface area contributed by atoms with Crippen LogP contribution in [0, 0.1) is 0 Å². The van der Waals surface area contributed by atoms with Crippen LogP contribution in [-0.4, -0.2) is 34.7 Å². The third-order valence-electron chi connectivity index (χ3n) is 7.02. The molecule has 0 aliphatic rings. The summed E-state index contributed by atoms with van der Waals surface area (Å²) in [7, 11) is 0. The van der Waals surface area contributed by atoms with Gasteiger partial charge in [0.15, 0.2) is 0 Å². The molecule has 0 spiro atoms. The number of alkyl carbamates (subject to hydrolysis) is 1. The molecule has 0 aliphatic heterocycles. The standard InChI is InChI=1S/C37H39ClN2O6/c1-5-6-15-32(35(42)43)40-34(41)30-18-16-26(25-12-8-7-9-13-25)21-31(30)29-19-17-27(38)22-33(29)45-28-14-10-11-24(20-28)23-39-36(44)46-37(2,3)4/h7-14,16-22,32H,5-6,15,23H2,1-4H3,(H,39,44)(H,40,41)(H,42,43). The molecule has 0 saturated carbocycles. The number of halogens is 1. The number of amides is 2. The van der Waals surface area contributed by atoms with Gasteiger partial charge in [0.05, 0.1) is 0 Å². The predicted molar refractivity (Wildman–Crippen MR) is 180 cm³/mol. The van der Waals surface area contributed by atoms with Gasteiger partial charge in [-0.1, -0.05) is 79.9 Å². The van der Waals surface area contributed by atoms with Gasteiger partial charge in [-0.3, -0.25) is 4.79 Å². The van der Waals surface area contributed by atoms with Gasteiger partial charge in [-0.25, -0.2) is 9.59 Å². The first-order valence-corrected chi connectivity index (χ1v) is 15.6. The number of hydrogen-bond donors (Lipinski definition) is 3. The molecule has 4 rings (SSSR count). The van der Waals surface area contributed by atoms with Gasteiger partial charge >= 0.3 is 12.1 Å². The second-order valence-corrected chi connectivity index (χ2v) is 12.3. The van der Waals surface area contributed by atoms with Gasteiger partial charge in [0.2, 0.25) is 0 Å². The van der Waals surface area contributed by atoms with E-state index in [4.69, 9.17) is 21.1 Å². The molecule has 4 aromatic rings. The van der Waals surface area contributed by atoms with E-state index >= 15 is 0 Å². The number of hydrogen-bond acceptors (Lipinski definition) is 5. The van der Waals surface area contributed by atoms with E-state index in [-0.39, 0.29) is 6.54 Å². The fourth-order valence-electron chi connectivity index (χ4n) is 4.81. The number of aliphatic carboxylic acids is 1. The van der Waals surface area contributed by atoms with Crippen LogP contribution in [0.1, 0.15) is 62.9 Å². The summed E-state index contributed by atoms with van der Waals surface area (Å²) >= 11 is 6.43. The van der Waals surface area contributed by atoms with Gasteiger partial charge < -0.3 is 25.2 Å². The van der Waals surface area contributed by atoms with Crippen molar-refractivity contribution in [1.29, 1.82) is 0 Å². The van der Waals surface area contributed by atoms with Crippen LogP contribution in [-0.2, 0) is 16.1 Å². The van der Waals surface area contributed by atoms with Crippen LogP contribution >= 0.6 is 11.6 Å². The first-order valence-electron chi connectivity index (χ1n) is 15.2. The minimum atomic E-state index is -1.08. The van der Waals surface area contributed by atoms with E-state index < -0.39 is 29.6 Å². The Bertz CT molecular complexity index is 1680. The van der Waals surface area contributed by atoms with Crippen molar-refractivity contribution in [2.75, 3.05) is 0 Å². The summed E-state index contributed by atoms with van der Waals surface area (Å²) in [6.07, 6.45) is 1.27. The number of carbonyl (C=O) groups is 3. The Hall–Kier alpha value is -4.82. The van der Waals surface area contributed by atoms with Crippen molar-refractivity contribution >= 4 is 29.6 Å². The Kier molecular flexibility index (Phi) is 11.4. The number of rotatable bonds is 12. The fourth-order valence-corrected chi connectivity index (χ4v) is 4.98. The minimum absolute atomic E-state index is 0.223. The van der Waals surface area contributed by atoms with Crippen molar-refractivity contribution in [1.82, 2.24) is 10.6 Å². The molecule has 2 amide bonds. The van der Waals surface area contributed by atoms with E-state index in [0.717, 1.165) is 23.1 Å². The molecule has 0 fully saturated rings. The highest BCUT2D eigenvalue weighted by molar-refractivity contribution is 6.30. The summed E-state index contributed by atoms with van der Waals surface area (Å²) in [4.78, 5) is 37.8. The third-order valence-corrected chi connectivity index (χ3v) is 7.25. The quantitative estimate of drug-likeness (QED) is 0.142. The number of carbonyl (C=O) groups excluding carboxylic acids is 2. The molecule has 0 saturated heterocycles. The maximum atomic E-state index is 13.7. The molecule has 240 valence electrons. The van der Waals surface area contributed by atoms with Crippen LogP contribution in [0.25, 0.3) is 22.3 Å². The maximum Gasteiger partial charge on any atom is 0.407 e. The molecule has 0 aliphatic carbocycles. The molecular formula is C37H39ClN2O6. The van der Waals surface area contributed by atoms with Crippen molar-refractivity contribution in [2.24, 2.45) is 0 Å². The zero-order valence-electron chi connectivity index (χ0n) is 26.4.